The van der Waals surface area contributed by atoms with Crippen LogP contribution in [0.15, 0.2) is 61.2 Å². The average Bonchev–Trinajstić information content (AvgIpc) is 2.93. The molecule has 0 radical (unpaired) electrons. The fourth-order valence-corrected chi connectivity index (χ4v) is 4.87. The van der Waals surface area contributed by atoms with Crippen molar-refractivity contribution in [1.82, 2.24) is 0 Å². The lowest BCUT2D eigenvalue weighted by Crippen LogP contribution is -2.29. The summed E-state index contributed by atoms with van der Waals surface area (Å²) in [6.07, 6.45) is 13.0. The van der Waals surface area contributed by atoms with E-state index in [4.69, 9.17) is 25.7 Å². The summed E-state index contributed by atoms with van der Waals surface area (Å²) in [4.78, 5) is 25.0. The molecule has 0 bridgehead atoms. The van der Waals surface area contributed by atoms with E-state index in [1.165, 1.54) is 6.08 Å². The predicted molar refractivity (Wildman–Crippen MR) is 161 cm³/mol. The topological polar surface area (TPSA) is 114 Å². The molecule has 1 aliphatic carbocycles. The first-order chi connectivity index (χ1) is 19.2. The molecule has 1 aliphatic rings. The molecule has 0 aromatic heterocycles. The number of esters is 2. The normalized spacial score (nSPS) is 17.4. The van der Waals surface area contributed by atoms with Crippen molar-refractivity contribution in [2.75, 3.05) is 24.7 Å². The Hall–Kier alpha value is -3.58. The summed E-state index contributed by atoms with van der Waals surface area (Å²) in [5.74, 6) is -0.260. The number of allylic oxidation sites excluding steroid dienone is 1. The molecule has 216 valence electrons. The number of nitrogens with two attached hydrogens (primary N) is 2. The maximum Gasteiger partial charge on any atom is 0.330 e. The molecular weight excluding hydrogens is 504 g/mol. The number of benzene rings is 2. The van der Waals surface area contributed by atoms with Gasteiger partial charge in [0, 0.05) is 29.5 Å². The van der Waals surface area contributed by atoms with Crippen LogP contribution in [0, 0.1) is 5.92 Å². The highest BCUT2D eigenvalue weighted by Crippen LogP contribution is 2.30. The first kappa shape index (κ1) is 31.0. The second-order valence-electron chi connectivity index (χ2n) is 11.1. The third-order valence-corrected chi connectivity index (χ3v) is 7.30. The number of ether oxygens (including phenoxy) is 3. The van der Waals surface area contributed by atoms with Gasteiger partial charge in [-0.25, -0.2) is 4.79 Å². The number of hydrogen-bond donors (Lipinski definition) is 2. The molecule has 0 atom stereocenters. The molecular formula is C33H44N2O5. The lowest BCUT2D eigenvalue weighted by molar-refractivity contribution is -0.141. The van der Waals surface area contributed by atoms with Crippen LogP contribution in [0.25, 0.3) is 6.08 Å². The van der Waals surface area contributed by atoms with Gasteiger partial charge in [0.05, 0.1) is 12.0 Å². The number of carbonyl (C=O) groups excluding carboxylic acids is 2. The molecule has 0 spiro atoms. The van der Waals surface area contributed by atoms with E-state index in [2.05, 4.69) is 6.58 Å². The highest BCUT2D eigenvalue weighted by atomic mass is 16.5. The van der Waals surface area contributed by atoms with Gasteiger partial charge in [0.25, 0.3) is 0 Å². The number of anilines is 2. The zero-order valence-corrected chi connectivity index (χ0v) is 23.9. The molecule has 0 amide bonds. The molecule has 40 heavy (non-hydrogen) atoms. The van der Waals surface area contributed by atoms with Crippen LogP contribution < -0.4 is 16.2 Å². The molecule has 0 aliphatic heterocycles. The van der Waals surface area contributed by atoms with E-state index in [1.807, 2.05) is 26.0 Å². The lowest BCUT2D eigenvalue weighted by atomic mass is 9.84. The van der Waals surface area contributed by atoms with Gasteiger partial charge in [-0.1, -0.05) is 44.5 Å². The van der Waals surface area contributed by atoms with E-state index in [-0.39, 0.29) is 24.6 Å². The first-order valence-corrected chi connectivity index (χ1v) is 14.2. The van der Waals surface area contributed by atoms with Crippen molar-refractivity contribution in [3.8, 4) is 5.75 Å². The van der Waals surface area contributed by atoms with Crippen molar-refractivity contribution in [1.29, 1.82) is 0 Å². The van der Waals surface area contributed by atoms with Crippen molar-refractivity contribution in [3.05, 3.63) is 72.3 Å². The Kier molecular flexibility index (Phi) is 11.8. The van der Waals surface area contributed by atoms with E-state index in [0.717, 1.165) is 69.1 Å². The van der Waals surface area contributed by atoms with Crippen LogP contribution in [0.1, 0.15) is 76.3 Å². The summed E-state index contributed by atoms with van der Waals surface area (Å²) >= 11 is 0. The van der Waals surface area contributed by atoms with Gasteiger partial charge in [0.15, 0.2) is 0 Å². The molecule has 7 heteroatoms. The van der Waals surface area contributed by atoms with Gasteiger partial charge in [-0.3, -0.25) is 4.79 Å². The van der Waals surface area contributed by atoms with E-state index in [0.29, 0.717) is 17.1 Å². The molecule has 0 unspecified atom stereocenters. The molecule has 1 saturated carbocycles. The third-order valence-electron chi connectivity index (χ3n) is 7.30. The minimum Gasteiger partial charge on any atom is -0.462 e. The van der Waals surface area contributed by atoms with Crippen molar-refractivity contribution in [2.24, 2.45) is 5.92 Å². The third kappa shape index (κ3) is 9.87. The monoisotopic (exact) mass is 548 g/mol. The standard InChI is InChI=1S/C33H44N2O5/c1-4-5-6-7-8-21-38-27-17-12-25(13-18-27)32(37)40-28-15-9-24(10-16-28)11-20-31(36)39-23-33(2,3)29-19-14-26(34)22-30(29)35/h4,9-11,14-16,19-20,22,25,27H,1,5-8,12-13,17-18,21,23,34-35H2,2-3H3/b20-11+. The highest BCUT2D eigenvalue weighted by molar-refractivity contribution is 5.87. The molecule has 7 nitrogen and oxygen atoms in total. The molecule has 2 aromatic carbocycles. The Morgan fingerprint density at radius 3 is 2.40 bits per heavy atom. The van der Waals surface area contributed by atoms with Crippen molar-refractivity contribution in [2.45, 2.75) is 76.7 Å². The number of rotatable bonds is 14. The van der Waals surface area contributed by atoms with E-state index < -0.39 is 11.4 Å². The van der Waals surface area contributed by atoms with Crippen LogP contribution in [0.3, 0.4) is 0 Å². The number of nitrogen functional groups attached to an aromatic ring is 2. The first-order valence-electron chi connectivity index (χ1n) is 14.2. The second kappa shape index (κ2) is 15.3. The summed E-state index contributed by atoms with van der Waals surface area (Å²) in [5, 5.41) is 0. The minimum atomic E-state index is -0.468. The summed E-state index contributed by atoms with van der Waals surface area (Å²) < 4.78 is 17.1. The SMILES string of the molecule is C=CCCCCCOC1CCC(C(=O)Oc2ccc(/C=C/C(=O)OCC(C)(C)c3ccc(N)cc3N)cc2)CC1. The highest BCUT2D eigenvalue weighted by Gasteiger charge is 2.28. The quantitative estimate of drug-likeness (QED) is 0.0681. The average molecular weight is 549 g/mol. The molecule has 1 fully saturated rings. The maximum atomic E-state index is 12.7. The van der Waals surface area contributed by atoms with Gasteiger partial charge in [-0.15, -0.1) is 6.58 Å². The number of hydrogen-bond acceptors (Lipinski definition) is 7. The van der Waals surface area contributed by atoms with Gasteiger partial charge < -0.3 is 25.7 Å². The molecule has 3 rings (SSSR count). The van der Waals surface area contributed by atoms with Crippen LogP contribution in [0.4, 0.5) is 11.4 Å². The largest absolute Gasteiger partial charge is 0.462 e. The zero-order chi connectivity index (χ0) is 29.0. The van der Waals surface area contributed by atoms with Crippen LogP contribution in [0.5, 0.6) is 5.75 Å². The van der Waals surface area contributed by atoms with Crippen molar-refractivity contribution >= 4 is 29.4 Å². The maximum absolute atomic E-state index is 12.7. The number of unbranched alkanes of at least 4 members (excludes halogenated alkanes) is 3. The zero-order valence-electron chi connectivity index (χ0n) is 23.9. The smallest absolute Gasteiger partial charge is 0.330 e. The minimum absolute atomic E-state index is 0.102. The van der Waals surface area contributed by atoms with Crippen LogP contribution >= 0.6 is 0 Å². The molecule has 0 saturated heterocycles. The van der Waals surface area contributed by atoms with Gasteiger partial charge in [0.1, 0.15) is 12.4 Å². The van der Waals surface area contributed by atoms with E-state index >= 15 is 0 Å². The molecule has 4 N–H and O–H groups in total. The summed E-state index contributed by atoms with van der Waals surface area (Å²) in [7, 11) is 0. The fourth-order valence-electron chi connectivity index (χ4n) is 4.87. The second-order valence-corrected chi connectivity index (χ2v) is 11.1. The Labute approximate surface area is 238 Å². The van der Waals surface area contributed by atoms with Crippen LogP contribution in [-0.2, 0) is 24.5 Å². The lowest BCUT2D eigenvalue weighted by Gasteiger charge is -2.27. The molecule has 0 heterocycles. The van der Waals surface area contributed by atoms with Crippen LogP contribution in [0.2, 0.25) is 0 Å². The summed E-state index contributed by atoms with van der Waals surface area (Å²) in [6, 6.07) is 12.4. The van der Waals surface area contributed by atoms with Gasteiger partial charge in [-0.2, -0.15) is 0 Å². The van der Waals surface area contributed by atoms with E-state index in [9.17, 15) is 9.59 Å². The Balaban J connectivity index is 1.38. The van der Waals surface area contributed by atoms with Crippen molar-refractivity contribution < 1.29 is 23.8 Å². The Morgan fingerprint density at radius 2 is 1.73 bits per heavy atom. The summed E-state index contributed by atoms with van der Waals surface area (Å²) in [5.41, 5.74) is 14.2. The van der Waals surface area contributed by atoms with Gasteiger partial charge in [0.2, 0.25) is 0 Å². The van der Waals surface area contributed by atoms with Gasteiger partial charge >= 0.3 is 11.9 Å². The van der Waals surface area contributed by atoms with Crippen LogP contribution in [-0.4, -0.2) is 31.3 Å². The number of carbonyl (C=O) groups is 2. The summed E-state index contributed by atoms with van der Waals surface area (Å²) in [6.45, 7) is 8.62. The fraction of sp³-hybridized carbons (Fsp3) is 0.455. The predicted octanol–water partition coefficient (Wildman–Crippen LogP) is 6.61. The molecule has 2 aromatic rings. The Bertz CT molecular complexity index is 1150. The Morgan fingerprint density at radius 1 is 1.00 bits per heavy atom. The van der Waals surface area contributed by atoms with Gasteiger partial charge in [-0.05, 0) is 86.4 Å². The van der Waals surface area contributed by atoms with E-state index in [1.54, 1.807) is 42.5 Å². The van der Waals surface area contributed by atoms with Crippen molar-refractivity contribution in [3.63, 3.8) is 0 Å².